The van der Waals surface area contributed by atoms with Gasteiger partial charge in [0.05, 0.1) is 42.4 Å². The van der Waals surface area contributed by atoms with Crippen LogP contribution in [-0.2, 0) is 19.1 Å². The summed E-state index contributed by atoms with van der Waals surface area (Å²) in [5.74, 6) is -2.05. The van der Waals surface area contributed by atoms with E-state index in [9.17, 15) is 30.0 Å². The maximum atomic E-state index is 12.3. The van der Waals surface area contributed by atoms with Crippen molar-refractivity contribution >= 4 is 11.9 Å². The summed E-state index contributed by atoms with van der Waals surface area (Å²) in [6.45, 7) is 8.62. The third-order valence-electron chi connectivity index (χ3n) is 8.63. The minimum Gasteiger partial charge on any atom is -0.481 e. The van der Waals surface area contributed by atoms with Crippen molar-refractivity contribution < 1.29 is 44.6 Å². The lowest BCUT2D eigenvalue weighted by atomic mass is 9.67. The summed E-state index contributed by atoms with van der Waals surface area (Å²) in [5.41, 5.74) is -3.25. The highest BCUT2D eigenvalue weighted by Gasteiger charge is 2.62. The molecule has 1 aliphatic heterocycles. The number of aliphatic hydroxyl groups excluding tert-OH is 2. The fourth-order valence-electron chi connectivity index (χ4n) is 6.19. The Hall–Kier alpha value is -1.52. The van der Waals surface area contributed by atoms with E-state index >= 15 is 0 Å². The van der Waals surface area contributed by atoms with Gasteiger partial charge in [-0.05, 0) is 77.2 Å². The van der Waals surface area contributed by atoms with Gasteiger partial charge in [-0.1, -0.05) is 13.0 Å². The van der Waals surface area contributed by atoms with Crippen molar-refractivity contribution in [2.45, 2.75) is 115 Å². The molecule has 2 aliphatic carbocycles. The number of hydrogen-bond donors (Lipinski definition) is 5. The number of esters is 1. The second-order valence-corrected chi connectivity index (χ2v) is 12.2. The molecule has 35 heavy (non-hydrogen) atoms. The maximum absolute atomic E-state index is 12.3. The Kier molecular flexibility index (Phi) is 7.81. The van der Waals surface area contributed by atoms with Gasteiger partial charge in [0.2, 0.25) is 0 Å². The van der Waals surface area contributed by atoms with Gasteiger partial charge in [-0.2, -0.15) is 0 Å². The highest BCUT2D eigenvalue weighted by Crippen LogP contribution is 2.58. The van der Waals surface area contributed by atoms with Crippen molar-refractivity contribution in [3.05, 3.63) is 11.6 Å². The molecule has 0 bridgehead atoms. The number of hydrogen-bond acceptors (Lipinski definition) is 8. The molecule has 1 heterocycles. The SMILES string of the molecule is CC(O)(CC(=O)O)CC(=O)OC/C1=C/[C@@H](O)[C@]2(C)CC[C@H](C(C)(C)O)[C@H]2C[C@H]2O[C@@]2(C)[C@H](O)CC1. The largest absolute Gasteiger partial charge is 0.481 e. The topological polar surface area (TPSA) is 157 Å². The highest BCUT2D eigenvalue weighted by atomic mass is 16.6. The summed E-state index contributed by atoms with van der Waals surface area (Å²) in [6, 6.07) is 0. The van der Waals surface area contributed by atoms with Crippen molar-refractivity contribution in [2.24, 2.45) is 17.3 Å². The van der Waals surface area contributed by atoms with Crippen LogP contribution in [0, 0.1) is 17.3 Å². The van der Waals surface area contributed by atoms with Crippen LogP contribution in [-0.4, -0.2) is 79.2 Å². The molecule has 3 rings (SSSR count). The zero-order chi connectivity index (χ0) is 26.4. The molecular weight excluding hydrogens is 456 g/mol. The molecule has 0 aromatic heterocycles. The van der Waals surface area contributed by atoms with Crippen LogP contribution in [0.3, 0.4) is 0 Å². The van der Waals surface area contributed by atoms with Crippen molar-refractivity contribution in [2.75, 3.05) is 6.61 Å². The van der Waals surface area contributed by atoms with Gasteiger partial charge >= 0.3 is 11.9 Å². The molecule has 200 valence electrons. The molecule has 8 atom stereocenters. The number of carboxylic acids is 1. The molecule has 9 heteroatoms. The molecule has 0 spiro atoms. The van der Waals surface area contributed by atoms with E-state index in [1.807, 2.05) is 13.8 Å². The summed E-state index contributed by atoms with van der Waals surface area (Å²) in [4.78, 5) is 23.2. The quantitative estimate of drug-likeness (QED) is 0.201. The van der Waals surface area contributed by atoms with E-state index in [4.69, 9.17) is 14.6 Å². The average Bonchev–Trinajstić information content (AvgIpc) is 3.22. The van der Waals surface area contributed by atoms with Gasteiger partial charge in [-0.15, -0.1) is 0 Å². The normalized spacial score (nSPS) is 40.8. The minimum atomic E-state index is -1.73. The minimum absolute atomic E-state index is 0.0409. The van der Waals surface area contributed by atoms with Gasteiger partial charge in [-0.3, -0.25) is 9.59 Å². The molecule has 5 N–H and O–H groups in total. The Morgan fingerprint density at radius 1 is 1.14 bits per heavy atom. The summed E-state index contributed by atoms with van der Waals surface area (Å²) in [7, 11) is 0. The molecule has 0 radical (unpaired) electrons. The maximum Gasteiger partial charge on any atom is 0.309 e. The van der Waals surface area contributed by atoms with E-state index < -0.39 is 59.2 Å². The predicted octanol–water partition coefficient (Wildman–Crippen LogP) is 1.94. The summed E-state index contributed by atoms with van der Waals surface area (Å²) >= 11 is 0. The van der Waals surface area contributed by atoms with Crippen LogP contribution in [0.5, 0.6) is 0 Å². The molecule has 1 unspecified atom stereocenters. The number of carbonyl (C=O) groups excluding carboxylic acids is 1. The van der Waals surface area contributed by atoms with E-state index in [0.717, 1.165) is 6.42 Å². The Morgan fingerprint density at radius 2 is 1.80 bits per heavy atom. The van der Waals surface area contributed by atoms with Gasteiger partial charge in [0, 0.05) is 5.41 Å². The number of ether oxygens (including phenoxy) is 2. The number of epoxide rings is 1. The van der Waals surface area contributed by atoms with Crippen molar-refractivity contribution in [3.63, 3.8) is 0 Å². The summed E-state index contributed by atoms with van der Waals surface area (Å²) in [5, 5.41) is 52.1. The molecule has 1 saturated carbocycles. The molecule has 0 amide bonds. The first-order chi connectivity index (χ1) is 16.0. The third kappa shape index (κ3) is 6.25. The molecule has 9 nitrogen and oxygen atoms in total. The first-order valence-electron chi connectivity index (χ1n) is 12.5. The number of carboxylic acid groups (broad SMARTS) is 1. The van der Waals surface area contributed by atoms with Crippen LogP contribution in [0.2, 0.25) is 0 Å². The van der Waals surface area contributed by atoms with Gasteiger partial charge < -0.3 is 35.0 Å². The Balaban J connectivity index is 1.81. The standard InChI is InChI=1S/C26H42O9/c1-23(2,32)16-8-9-25(4)17(16)11-20-26(5,35-20)18(27)7-6-15(10-19(25)28)14-34-22(31)13-24(3,33)12-21(29)30/h10,16-20,27-28,32-33H,6-9,11-14H2,1-5H3,(H,29,30)/b15-10+/t16-,17+,18+,19+,20+,24?,25+,26-/m0/s1. The fraction of sp³-hybridized carbons (Fsp3) is 0.846. The average molecular weight is 499 g/mol. The first kappa shape index (κ1) is 28.1. The molecule has 1 saturated heterocycles. The number of aliphatic hydroxyl groups is 4. The van der Waals surface area contributed by atoms with Crippen LogP contribution in [0.15, 0.2) is 11.6 Å². The Labute approximate surface area is 207 Å². The van der Waals surface area contributed by atoms with Crippen molar-refractivity contribution in [3.8, 4) is 0 Å². The second kappa shape index (κ2) is 9.74. The molecule has 0 aromatic rings. The monoisotopic (exact) mass is 498 g/mol. The lowest BCUT2D eigenvalue weighted by Crippen LogP contribution is -2.43. The Bertz CT molecular complexity index is 844. The van der Waals surface area contributed by atoms with Crippen molar-refractivity contribution in [1.29, 1.82) is 0 Å². The molecular formula is C26H42O9. The second-order valence-electron chi connectivity index (χ2n) is 12.2. The highest BCUT2D eigenvalue weighted by molar-refractivity contribution is 5.73. The van der Waals surface area contributed by atoms with Gasteiger partial charge in [0.15, 0.2) is 0 Å². The van der Waals surface area contributed by atoms with Gasteiger partial charge in [0.25, 0.3) is 0 Å². The van der Waals surface area contributed by atoms with Crippen LogP contribution < -0.4 is 0 Å². The summed E-state index contributed by atoms with van der Waals surface area (Å²) < 4.78 is 11.3. The lowest BCUT2D eigenvalue weighted by Gasteiger charge is -2.40. The van der Waals surface area contributed by atoms with Crippen LogP contribution in [0.25, 0.3) is 0 Å². The predicted molar refractivity (Wildman–Crippen MR) is 126 cm³/mol. The molecule has 2 fully saturated rings. The van der Waals surface area contributed by atoms with Crippen molar-refractivity contribution in [1.82, 2.24) is 0 Å². The van der Waals surface area contributed by atoms with E-state index in [0.29, 0.717) is 31.3 Å². The van der Waals surface area contributed by atoms with E-state index in [-0.39, 0.29) is 24.5 Å². The smallest absolute Gasteiger partial charge is 0.309 e. The molecule has 0 aromatic carbocycles. The third-order valence-corrected chi connectivity index (χ3v) is 8.63. The number of carbonyl (C=O) groups is 2. The molecule has 3 aliphatic rings. The Morgan fingerprint density at radius 3 is 2.40 bits per heavy atom. The fourth-order valence-corrected chi connectivity index (χ4v) is 6.19. The van der Waals surface area contributed by atoms with Crippen LogP contribution >= 0.6 is 0 Å². The van der Waals surface area contributed by atoms with Gasteiger partial charge in [0.1, 0.15) is 12.2 Å². The summed E-state index contributed by atoms with van der Waals surface area (Å²) in [6.07, 6.45) is 1.71. The van der Waals surface area contributed by atoms with E-state index in [1.165, 1.54) is 6.92 Å². The zero-order valence-electron chi connectivity index (χ0n) is 21.5. The number of fused-ring (bicyclic) bond motifs is 2. The zero-order valence-corrected chi connectivity index (χ0v) is 21.5. The first-order valence-corrected chi connectivity index (χ1v) is 12.5. The number of aliphatic carboxylic acids is 1. The van der Waals surface area contributed by atoms with E-state index in [1.54, 1.807) is 19.9 Å². The number of rotatable bonds is 7. The lowest BCUT2D eigenvalue weighted by molar-refractivity contribution is -0.151. The van der Waals surface area contributed by atoms with Crippen LogP contribution in [0.4, 0.5) is 0 Å². The van der Waals surface area contributed by atoms with Crippen LogP contribution in [0.1, 0.15) is 79.6 Å². The van der Waals surface area contributed by atoms with E-state index in [2.05, 4.69) is 0 Å². The van der Waals surface area contributed by atoms with Gasteiger partial charge in [-0.25, -0.2) is 0 Å².